The van der Waals surface area contributed by atoms with Crippen LogP contribution >= 0.6 is 0 Å². The lowest BCUT2D eigenvalue weighted by molar-refractivity contribution is -0.140. The standard InChI is InChI=1S/C21H18N2O2/c24-20-18-15-7-8-16(10-9-15)19(18)21(25)23(20)22-12-13-5-6-14-3-1-2-4-17(14)11-13/h1-8,11-12,15-16,18-19H,9-10H2/b22-12+. The molecule has 3 aliphatic carbocycles. The number of rotatable bonds is 2. The molecule has 1 aliphatic heterocycles. The third-order valence-corrected chi connectivity index (χ3v) is 5.83. The van der Waals surface area contributed by atoms with Crippen LogP contribution in [-0.4, -0.2) is 23.0 Å². The third kappa shape index (κ3) is 2.17. The van der Waals surface area contributed by atoms with Gasteiger partial charge in [-0.25, -0.2) is 0 Å². The number of fused-ring (bicyclic) bond motifs is 2. The number of hydrogen-bond acceptors (Lipinski definition) is 3. The molecule has 2 fully saturated rings. The van der Waals surface area contributed by atoms with Crippen LogP contribution in [0.3, 0.4) is 0 Å². The second-order valence-corrected chi connectivity index (χ2v) is 7.18. The van der Waals surface area contributed by atoms with E-state index in [1.165, 1.54) is 0 Å². The Morgan fingerprint density at radius 2 is 1.52 bits per heavy atom. The molecule has 25 heavy (non-hydrogen) atoms. The van der Waals surface area contributed by atoms with Crippen molar-refractivity contribution in [3.8, 4) is 0 Å². The fourth-order valence-corrected chi connectivity index (χ4v) is 4.58. The zero-order valence-corrected chi connectivity index (χ0v) is 13.7. The van der Waals surface area contributed by atoms with Gasteiger partial charge in [0.25, 0.3) is 11.8 Å². The molecule has 1 heterocycles. The van der Waals surface area contributed by atoms with E-state index in [1.54, 1.807) is 6.21 Å². The van der Waals surface area contributed by atoms with E-state index in [9.17, 15) is 9.59 Å². The number of benzene rings is 2. The van der Waals surface area contributed by atoms with Gasteiger partial charge in [0.15, 0.2) is 0 Å². The molecule has 124 valence electrons. The summed E-state index contributed by atoms with van der Waals surface area (Å²) < 4.78 is 0. The zero-order valence-electron chi connectivity index (χ0n) is 13.7. The number of imide groups is 1. The Bertz CT molecular complexity index is 914. The molecular formula is C21H18N2O2. The maximum atomic E-state index is 12.7. The number of hydrazone groups is 1. The molecule has 4 atom stereocenters. The number of allylic oxidation sites excluding steroid dienone is 2. The summed E-state index contributed by atoms with van der Waals surface area (Å²) in [5.41, 5.74) is 0.885. The number of nitrogens with zero attached hydrogens (tertiary/aromatic N) is 2. The molecule has 4 unspecified atom stereocenters. The van der Waals surface area contributed by atoms with Crippen LogP contribution in [0.2, 0.25) is 0 Å². The Morgan fingerprint density at radius 3 is 2.16 bits per heavy atom. The molecule has 0 spiro atoms. The summed E-state index contributed by atoms with van der Waals surface area (Å²) in [6.45, 7) is 0. The highest BCUT2D eigenvalue weighted by atomic mass is 16.2. The molecule has 1 saturated carbocycles. The van der Waals surface area contributed by atoms with E-state index in [2.05, 4.69) is 23.3 Å². The van der Waals surface area contributed by atoms with E-state index in [-0.39, 0.29) is 35.5 Å². The fourth-order valence-electron chi connectivity index (χ4n) is 4.58. The minimum absolute atomic E-state index is 0.133. The molecule has 0 radical (unpaired) electrons. The Morgan fingerprint density at radius 1 is 0.880 bits per heavy atom. The topological polar surface area (TPSA) is 49.7 Å². The summed E-state index contributed by atoms with van der Waals surface area (Å²) in [5.74, 6) is -0.271. The lowest BCUT2D eigenvalue weighted by Gasteiger charge is -2.37. The molecule has 1 saturated heterocycles. The highest BCUT2D eigenvalue weighted by Gasteiger charge is 2.56. The summed E-state index contributed by atoms with van der Waals surface area (Å²) >= 11 is 0. The molecule has 2 amide bonds. The van der Waals surface area contributed by atoms with Crippen LogP contribution in [-0.2, 0) is 9.59 Å². The van der Waals surface area contributed by atoms with E-state index in [4.69, 9.17) is 0 Å². The van der Waals surface area contributed by atoms with Gasteiger partial charge in [0.1, 0.15) is 0 Å². The normalized spacial score (nSPS) is 30.6. The van der Waals surface area contributed by atoms with Crippen molar-refractivity contribution in [1.82, 2.24) is 5.01 Å². The van der Waals surface area contributed by atoms with Crippen molar-refractivity contribution in [2.45, 2.75) is 12.8 Å². The third-order valence-electron chi connectivity index (χ3n) is 5.83. The largest absolute Gasteiger partial charge is 0.272 e. The van der Waals surface area contributed by atoms with Gasteiger partial charge in [0, 0.05) is 0 Å². The molecule has 0 aromatic heterocycles. The van der Waals surface area contributed by atoms with Gasteiger partial charge in [-0.1, -0.05) is 48.6 Å². The molecule has 4 nitrogen and oxygen atoms in total. The van der Waals surface area contributed by atoms with Crippen molar-refractivity contribution in [1.29, 1.82) is 0 Å². The van der Waals surface area contributed by atoms with Gasteiger partial charge in [0.2, 0.25) is 0 Å². The predicted octanol–water partition coefficient (Wildman–Crippen LogP) is 3.37. The minimum atomic E-state index is -0.204. The van der Waals surface area contributed by atoms with E-state index in [0.717, 1.165) is 34.2 Å². The highest BCUT2D eigenvalue weighted by molar-refractivity contribution is 6.06. The smallest absolute Gasteiger partial charge is 0.254 e. The number of carbonyl (C=O) groups excluding carboxylic acids is 2. The SMILES string of the molecule is O=C1C2C3C=CC(CC3)C2C(=O)N1/N=C/c1ccc2ccccc2c1. The van der Waals surface area contributed by atoms with E-state index in [0.29, 0.717) is 0 Å². The lowest BCUT2D eigenvalue weighted by atomic mass is 9.63. The Balaban J connectivity index is 1.44. The average Bonchev–Trinajstić information content (AvgIpc) is 2.93. The second kappa shape index (κ2) is 5.38. The maximum Gasteiger partial charge on any atom is 0.254 e. The lowest BCUT2D eigenvalue weighted by Crippen LogP contribution is -2.38. The molecule has 6 rings (SSSR count). The van der Waals surface area contributed by atoms with Crippen molar-refractivity contribution in [3.63, 3.8) is 0 Å². The first kappa shape index (κ1) is 14.6. The molecule has 2 aromatic carbocycles. The van der Waals surface area contributed by atoms with Crippen molar-refractivity contribution >= 4 is 28.8 Å². The van der Waals surface area contributed by atoms with Crippen LogP contribution in [0.1, 0.15) is 18.4 Å². The molecule has 0 N–H and O–H groups in total. The van der Waals surface area contributed by atoms with Crippen LogP contribution in [0.4, 0.5) is 0 Å². The maximum absolute atomic E-state index is 12.7. The van der Waals surface area contributed by atoms with Gasteiger partial charge >= 0.3 is 0 Å². The van der Waals surface area contributed by atoms with Crippen molar-refractivity contribution in [2.24, 2.45) is 28.8 Å². The van der Waals surface area contributed by atoms with Crippen molar-refractivity contribution in [3.05, 3.63) is 60.2 Å². The minimum Gasteiger partial charge on any atom is -0.272 e. The summed E-state index contributed by atoms with van der Waals surface area (Å²) in [4.78, 5) is 25.5. The van der Waals surface area contributed by atoms with Gasteiger partial charge in [-0.2, -0.15) is 10.1 Å². The first-order valence-corrected chi connectivity index (χ1v) is 8.81. The Kier molecular flexibility index (Phi) is 3.14. The van der Waals surface area contributed by atoms with Gasteiger partial charge in [-0.15, -0.1) is 0 Å². The van der Waals surface area contributed by atoms with Crippen LogP contribution < -0.4 is 0 Å². The molecule has 2 bridgehead atoms. The Labute approximate surface area is 145 Å². The molecule has 4 heteroatoms. The van der Waals surface area contributed by atoms with Crippen LogP contribution in [0.5, 0.6) is 0 Å². The highest BCUT2D eigenvalue weighted by Crippen LogP contribution is 2.49. The molecule has 4 aliphatic rings. The summed E-state index contributed by atoms with van der Waals surface area (Å²) in [5, 5.41) is 7.65. The van der Waals surface area contributed by atoms with E-state index >= 15 is 0 Å². The zero-order chi connectivity index (χ0) is 17.0. The molecule has 2 aromatic rings. The monoisotopic (exact) mass is 330 g/mol. The first-order valence-electron chi connectivity index (χ1n) is 8.81. The van der Waals surface area contributed by atoms with Crippen molar-refractivity contribution < 1.29 is 9.59 Å². The van der Waals surface area contributed by atoms with Gasteiger partial charge in [0.05, 0.1) is 18.1 Å². The predicted molar refractivity (Wildman–Crippen MR) is 95.7 cm³/mol. The van der Waals surface area contributed by atoms with Gasteiger partial charge < -0.3 is 0 Å². The van der Waals surface area contributed by atoms with E-state index < -0.39 is 0 Å². The first-order chi connectivity index (χ1) is 12.2. The van der Waals surface area contributed by atoms with Crippen LogP contribution in [0, 0.1) is 23.7 Å². The summed E-state index contributed by atoms with van der Waals surface area (Å²) in [6, 6.07) is 14.1. The summed E-state index contributed by atoms with van der Waals surface area (Å²) in [6.07, 6.45) is 7.87. The van der Waals surface area contributed by atoms with Gasteiger partial charge in [-0.05, 0) is 47.1 Å². The fraction of sp³-hybridized carbons (Fsp3) is 0.286. The second-order valence-electron chi connectivity index (χ2n) is 7.18. The van der Waals surface area contributed by atoms with Crippen LogP contribution in [0.25, 0.3) is 10.8 Å². The van der Waals surface area contributed by atoms with Crippen LogP contribution in [0.15, 0.2) is 59.7 Å². The van der Waals surface area contributed by atoms with Crippen molar-refractivity contribution in [2.75, 3.05) is 0 Å². The van der Waals surface area contributed by atoms with Gasteiger partial charge in [-0.3, -0.25) is 9.59 Å². The number of hydrogen-bond donors (Lipinski definition) is 0. The number of amides is 2. The quantitative estimate of drug-likeness (QED) is 0.481. The average molecular weight is 330 g/mol. The number of carbonyl (C=O) groups is 2. The Hall–Kier alpha value is -2.75. The molecular weight excluding hydrogens is 312 g/mol. The summed E-state index contributed by atoms with van der Waals surface area (Å²) in [7, 11) is 0. The van der Waals surface area contributed by atoms with E-state index in [1.807, 2.05) is 36.4 Å².